The van der Waals surface area contributed by atoms with Gasteiger partial charge in [-0.25, -0.2) is 0 Å². The summed E-state index contributed by atoms with van der Waals surface area (Å²) in [6.45, 7) is 2.09. The Morgan fingerprint density at radius 3 is 2.39 bits per heavy atom. The normalized spacial score (nSPS) is 10.4. The van der Waals surface area contributed by atoms with Crippen LogP contribution in [0.3, 0.4) is 0 Å². The Morgan fingerprint density at radius 2 is 1.78 bits per heavy atom. The van der Waals surface area contributed by atoms with Crippen molar-refractivity contribution >= 4 is 38.9 Å². The smallest absolute Gasteiger partial charge is 0.0495 e. The van der Waals surface area contributed by atoms with Crippen molar-refractivity contribution in [2.24, 2.45) is 0 Å². The molecule has 2 rings (SSSR count). The van der Waals surface area contributed by atoms with Gasteiger partial charge in [0.25, 0.3) is 0 Å². The van der Waals surface area contributed by atoms with Crippen LogP contribution < -0.4 is 4.90 Å². The summed E-state index contributed by atoms with van der Waals surface area (Å²) in [6, 6.07) is 14.7. The quantitative estimate of drug-likeness (QED) is 0.696. The van der Waals surface area contributed by atoms with Gasteiger partial charge in [-0.05, 0) is 42.8 Å². The molecular weight excluding hydrogens is 310 g/mol. The number of nitrogens with zero attached hydrogens (tertiary/aromatic N) is 1. The minimum absolute atomic E-state index is 0.505. The van der Waals surface area contributed by atoms with Crippen molar-refractivity contribution in [3.63, 3.8) is 0 Å². The molecule has 0 unspecified atom stereocenters. The minimum Gasteiger partial charge on any atom is -0.344 e. The fraction of sp³-hybridized carbons (Fsp3) is 0.200. The molecule has 3 heteroatoms. The molecule has 0 saturated carbocycles. The van der Waals surface area contributed by atoms with Crippen molar-refractivity contribution in [3.05, 3.63) is 58.1 Å². The van der Waals surface area contributed by atoms with Crippen LogP contribution in [-0.4, -0.2) is 7.05 Å². The number of anilines is 2. The third-order valence-corrected chi connectivity index (χ3v) is 3.75. The predicted molar refractivity (Wildman–Crippen MR) is 82.9 cm³/mol. The lowest BCUT2D eigenvalue weighted by Gasteiger charge is -2.22. The van der Waals surface area contributed by atoms with E-state index in [2.05, 4.69) is 71.2 Å². The van der Waals surface area contributed by atoms with Crippen LogP contribution in [0.25, 0.3) is 0 Å². The summed E-state index contributed by atoms with van der Waals surface area (Å²) in [5, 5.41) is 0. The van der Waals surface area contributed by atoms with Gasteiger partial charge in [0, 0.05) is 28.8 Å². The van der Waals surface area contributed by atoms with Crippen molar-refractivity contribution in [2.75, 3.05) is 11.9 Å². The average Bonchev–Trinajstić information content (AvgIpc) is 2.38. The van der Waals surface area contributed by atoms with Gasteiger partial charge in [0.2, 0.25) is 0 Å². The van der Waals surface area contributed by atoms with Gasteiger partial charge < -0.3 is 4.90 Å². The molecule has 0 radical (unpaired) electrons. The lowest BCUT2D eigenvalue weighted by atomic mass is 10.1. The number of halogens is 2. The first kappa shape index (κ1) is 13.4. The molecule has 0 N–H and O–H groups in total. The second kappa shape index (κ2) is 5.77. The van der Waals surface area contributed by atoms with Crippen molar-refractivity contribution in [3.8, 4) is 0 Å². The Kier molecular flexibility index (Phi) is 4.31. The van der Waals surface area contributed by atoms with Crippen molar-refractivity contribution in [2.45, 2.75) is 12.8 Å². The van der Waals surface area contributed by atoms with E-state index in [1.165, 1.54) is 5.56 Å². The summed E-state index contributed by atoms with van der Waals surface area (Å²) in [6.07, 6.45) is 0. The Hall–Kier alpha value is -0.990. The highest BCUT2D eigenvalue weighted by Gasteiger charge is 2.09. The summed E-state index contributed by atoms with van der Waals surface area (Å²) >= 11 is 9.49. The predicted octanol–water partition coefficient (Wildman–Crippen LogP) is 5.26. The molecule has 0 saturated heterocycles. The van der Waals surface area contributed by atoms with Crippen LogP contribution in [0.15, 0.2) is 46.9 Å². The fourth-order valence-corrected chi connectivity index (χ4v) is 2.52. The summed E-state index contributed by atoms with van der Waals surface area (Å²) in [5.41, 5.74) is 4.68. The van der Waals surface area contributed by atoms with E-state index in [0.717, 1.165) is 21.4 Å². The van der Waals surface area contributed by atoms with Gasteiger partial charge in [0.1, 0.15) is 0 Å². The molecule has 0 aliphatic rings. The zero-order valence-corrected chi connectivity index (χ0v) is 12.8. The number of hydrogen-bond donors (Lipinski definition) is 0. The molecule has 0 aromatic heterocycles. The van der Waals surface area contributed by atoms with E-state index in [4.69, 9.17) is 11.6 Å². The molecular formula is C15H15BrClN. The van der Waals surface area contributed by atoms with Crippen LogP contribution in [0.5, 0.6) is 0 Å². The summed E-state index contributed by atoms with van der Waals surface area (Å²) in [4.78, 5) is 2.16. The van der Waals surface area contributed by atoms with Gasteiger partial charge in [-0.1, -0.05) is 33.6 Å². The third kappa shape index (κ3) is 2.88. The second-order valence-corrected chi connectivity index (χ2v) is 5.48. The molecule has 1 nitrogen and oxygen atoms in total. The third-order valence-electron chi connectivity index (χ3n) is 2.97. The number of alkyl halides is 1. The molecule has 2 aromatic carbocycles. The van der Waals surface area contributed by atoms with Crippen LogP contribution in [0.4, 0.5) is 11.4 Å². The first-order valence-electron chi connectivity index (χ1n) is 5.76. The van der Waals surface area contributed by atoms with Crippen molar-refractivity contribution in [1.82, 2.24) is 0 Å². The zero-order valence-electron chi connectivity index (χ0n) is 10.5. The fourth-order valence-electron chi connectivity index (χ4n) is 1.90. The molecule has 18 heavy (non-hydrogen) atoms. The number of benzene rings is 2. The van der Waals surface area contributed by atoms with Gasteiger partial charge in [-0.2, -0.15) is 0 Å². The molecule has 0 aliphatic carbocycles. The van der Waals surface area contributed by atoms with E-state index >= 15 is 0 Å². The maximum Gasteiger partial charge on any atom is 0.0495 e. The van der Waals surface area contributed by atoms with Gasteiger partial charge in [0.15, 0.2) is 0 Å². The molecule has 0 aliphatic heterocycles. The lowest BCUT2D eigenvalue weighted by Crippen LogP contribution is -2.11. The monoisotopic (exact) mass is 323 g/mol. The molecule has 0 atom stereocenters. The molecule has 0 heterocycles. The van der Waals surface area contributed by atoms with Crippen molar-refractivity contribution < 1.29 is 0 Å². The maximum absolute atomic E-state index is 6.01. The van der Waals surface area contributed by atoms with Gasteiger partial charge in [-0.15, -0.1) is 11.6 Å². The maximum atomic E-state index is 6.01. The van der Waals surface area contributed by atoms with E-state index in [0.29, 0.717) is 5.88 Å². The van der Waals surface area contributed by atoms with E-state index in [1.54, 1.807) is 0 Å². The van der Waals surface area contributed by atoms with E-state index < -0.39 is 0 Å². The van der Waals surface area contributed by atoms with E-state index in [9.17, 15) is 0 Å². The Labute approximate surface area is 122 Å². The molecule has 0 spiro atoms. The first-order chi connectivity index (χ1) is 8.61. The van der Waals surface area contributed by atoms with Crippen LogP contribution in [0.2, 0.25) is 0 Å². The largest absolute Gasteiger partial charge is 0.344 e. The second-order valence-electron chi connectivity index (χ2n) is 4.30. The highest BCUT2D eigenvalue weighted by Crippen LogP contribution is 2.30. The first-order valence-corrected chi connectivity index (χ1v) is 7.09. The van der Waals surface area contributed by atoms with Crippen LogP contribution in [-0.2, 0) is 5.88 Å². The van der Waals surface area contributed by atoms with Gasteiger partial charge in [0.05, 0.1) is 0 Å². The molecule has 94 valence electrons. The average molecular weight is 325 g/mol. The Balaban J connectivity index is 2.39. The SMILES string of the molecule is Cc1ccc(N(C)c2ccc(Br)cc2CCl)cc1. The van der Waals surface area contributed by atoms with Gasteiger partial charge in [-0.3, -0.25) is 0 Å². The van der Waals surface area contributed by atoms with Crippen LogP contribution in [0, 0.1) is 6.92 Å². The van der Waals surface area contributed by atoms with Crippen LogP contribution in [0.1, 0.15) is 11.1 Å². The Morgan fingerprint density at radius 1 is 1.11 bits per heavy atom. The van der Waals surface area contributed by atoms with Crippen molar-refractivity contribution in [1.29, 1.82) is 0 Å². The minimum atomic E-state index is 0.505. The zero-order chi connectivity index (χ0) is 13.1. The molecule has 2 aromatic rings. The topological polar surface area (TPSA) is 3.24 Å². The number of aryl methyl sites for hydroxylation is 1. The van der Waals surface area contributed by atoms with Crippen LogP contribution >= 0.6 is 27.5 Å². The molecule has 0 amide bonds. The van der Waals surface area contributed by atoms with E-state index in [-0.39, 0.29) is 0 Å². The number of hydrogen-bond acceptors (Lipinski definition) is 1. The molecule has 0 bridgehead atoms. The number of rotatable bonds is 3. The van der Waals surface area contributed by atoms with E-state index in [1.807, 2.05) is 6.07 Å². The highest BCUT2D eigenvalue weighted by atomic mass is 79.9. The summed E-state index contributed by atoms with van der Waals surface area (Å²) in [5.74, 6) is 0.505. The summed E-state index contributed by atoms with van der Waals surface area (Å²) < 4.78 is 1.05. The standard InChI is InChI=1S/C15H15BrClN/c1-11-3-6-14(7-4-11)18(2)15-8-5-13(16)9-12(15)10-17/h3-9H,10H2,1-2H3. The highest BCUT2D eigenvalue weighted by molar-refractivity contribution is 9.10. The lowest BCUT2D eigenvalue weighted by molar-refractivity contribution is 1.17. The Bertz CT molecular complexity index is 537. The molecule has 0 fully saturated rings. The summed E-state index contributed by atoms with van der Waals surface area (Å²) in [7, 11) is 2.06. The van der Waals surface area contributed by atoms with Gasteiger partial charge >= 0.3 is 0 Å².